The van der Waals surface area contributed by atoms with Gasteiger partial charge in [0.15, 0.2) is 30.7 Å². The van der Waals surface area contributed by atoms with Gasteiger partial charge in [0, 0.05) is 41.0 Å². The quantitative estimate of drug-likeness (QED) is 0.0447. The molecule has 0 aromatic rings. The van der Waals surface area contributed by atoms with E-state index in [0.29, 0.717) is 0 Å². The largest absolute Gasteiger partial charge is 0.475 e. The van der Waals surface area contributed by atoms with Gasteiger partial charge in [-0.2, -0.15) is 10.5 Å². The Kier molecular flexibility index (Phi) is 21.1. The molecule has 2 fully saturated rings. The van der Waals surface area contributed by atoms with E-state index in [0.717, 1.165) is 41.7 Å². The lowest BCUT2D eigenvalue weighted by molar-refractivity contribution is -0.368. The highest BCUT2D eigenvalue weighted by atomic mass is 31.2. The lowest BCUT2D eigenvalue weighted by Crippen LogP contribution is -2.68. The van der Waals surface area contributed by atoms with Gasteiger partial charge >= 0.3 is 43.6 Å². The summed E-state index contributed by atoms with van der Waals surface area (Å²) < 4.78 is 86.8. The zero-order valence-corrected chi connectivity index (χ0v) is 34.5. The van der Waals surface area contributed by atoms with Gasteiger partial charge in [-0.25, -0.2) is 9.36 Å². The Hall–Kier alpha value is -4.59. The van der Waals surface area contributed by atoms with Crippen LogP contribution in [0.5, 0.6) is 0 Å². The van der Waals surface area contributed by atoms with Crippen LogP contribution < -0.4 is 0 Å². The van der Waals surface area contributed by atoms with Crippen molar-refractivity contribution in [2.45, 2.75) is 121 Å². The number of methoxy groups -OCH3 is 1. The maximum Gasteiger partial charge on any atom is 0.475 e. The number of nitriles is 2. The Morgan fingerprint density at radius 3 is 1.92 bits per heavy atom. The maximum absolute atomic E-state index is 14.2. The predicted octanol–water partition coefficient (Wildman–Crippen LogP) is -0.0457. The maximum atomic E-state index is 14.2. The summed E-state index contributed by atoms with van der Waals surface area (Å²) in [6.45, 7) is 4.93. The molecule has 2 heterocycles. The van der Waals surface area contributed by atoms with Crippen molar-refractivity contribution in [1.29, 1.82) is 10.5 Å². The first-order chi connectivity index (χ1) is 28.3. The fraction of sp³-hybridized carbons (Fsp3) is 0.714. The van der Waals surface area contributed by atoms with Gasteiger partial charge in [-0.3, -0.25) is 37.5 Å². The van der Waals surface area contributed by atoms with Crippen molar-refractivity contribution < 1.29 is 104 Å². The monoisotopic (exact) mass is 880 g/mol. The van der Waals surface area contributed by atoms with Gasteiger partial charge < -0.3 is 57.6 Å². The summed E-state index contributed by atoms with van der Waals surface area (Å²) in [5.74, 6) is -8.77. The Labute approximate surface area is 344 Å². The van der Waals surface area contributed by atoms with E-state index >= 15 is 0 Å². The fourth-order valence-corrected chi connectivity index (χ4v) is 7.22. The molecule has 0 radical (unpaired) electrons. The van der Waals surface area contributed by atoms with E-state index in [2.05, 4.69) is 6.58 Å². The zero-order chi connectivity index (χ0) is 45.2. The second-order valence-corrected chi connectivity index (χ2v) is 14.3. The van der Waals surface area contributed by atoms with Gasteiger partial charge in [0.1, 0.15) is 37.1 Å². The topological polar surface area (TPSA) is 328 Å². The standard InChI is InChI=1S/C35H49N2O22P/c1-8-13-49-35(34(45)47-7)16-25(59-60(46,50-14-9-11-36)51-15-10-12-37)28(27(58-35)24(44)17-38)56-33-32(55-23(6)43)31(54-22(5)42)30(53-21(4)41)29(57-33)26(52-20(3)40)18-48-19(2)39/h8,24-33,38,44H,1,9-10,13-18H2,2-7H3/t24-,25-,26+,27-,28-,29-,30-,31+,32+,33+,35-/m1/s1. The molecule has 2 saturated heterocycles. The van der Waals surface area contributed by atoms with Crippen molar-refractivity contribution in [1.82, 2.24) is 0 Å². The van der Waals surface area contributed by atoms with Crippen molar-refractivity contribution in [3.63, 3.8) is 0 Å². The molecule has 2 aliphatic heterocycles. The van der Waals surface area contributed by atoms with Crippen molar-refractivity contribution >= 4 is 43.6 Å². The van der Waals surface area contributed by atoms with Crippen LogP contribution in [0.2, 0.25) is 0 Å². The summed E-state index contributed by atoms with van der Waals surface area (Å²) in [4.78, 5) is 75.4. The highest BCUT2D eigenvalue weighted by Crippen LogP contribution is 2.54. The van der Waals surface area contributed by atoms with E-state index in [4.69, 9.17) is 71.5 Å². The minimum Gasteiger partial charge on any atom is -0.465 e. The molecule has 2 N–H and O–H groups in total. The van der Waals surface area contributed by atoms with Crippen LogP contribution in [0.4, 0.5) is 0 Å². The molecule has 336 valence electrons. The number of carbonyl (C=O) groups is 6. The summed E-state index contributed by atoms with van der Waals surface area (Å²) in [6, 6.07) is 3.53. The number of rotatable bonds is 23. The molecule has 0 aliphatic carbocycles. The molecule has 0 saturated carbocycles. The molecule has 0 amide bonds. The lowest BCUT2D eigenvalue weighted by atomic mass is 9.91. The third kappa shape index (κ3) is 15.1. The minimum absolute atomic E-state index is 0.345. The first-order valence-electron chi connectivity index (χ1n) is 18.0. The van der Waals surface area contributed by atoms with Gasteiger partial charge in [-0.15, -0.1) is 6.58 Å². The van der Waals surface area contributed by atoms with Crippen molar-refractivity contribution in [3.05, 3.63) is 12.7 Å². The number of nitrogens with zero attached hydrogens (tertiary/aromatic N) is 2. The summed E-state index contributed by atoms with van der Waals surface area (Å²) in [5.41, 5.74) is 0. The number of hydrogen-bond acceptors (Lipinski definition) is 24. The Morgan fingerprint density at radius 1 is 0.867 bits per heavy atom. The molecule has 2 rings (SSSR count). The van der Waals surface area contributed by atoms with E-state index < -0.39 is 150 Å². The number of carbonyl (C=O) groups excluding carboxylic acids is 6. The van der Waals surface area contributed by atoms with Crippen LogP contribution in [0, 0.1) is 22.7 Å². The molecule has 24 nitrogen and oxygen atoms in total. The molecule has 0 spiro atoms. The number of aliphatic hydroxyl groups excluding tert-OH is 2. The number of ether oxygens (including phenoxy) is 10. The number of esters is 6. The molecule has 0 aromatic carbocycles. The molecule has 25 heteroatoms. The van der Waals surface area contributed by atoms with E-state index in [1.54, 1.807) is 12.1 Å². The van der Waals surface area contributed by atoms with Crippen LogP contribution in [-0.4, -0.2) is 153 Å². The molecular formula is C35H49N2O22P. The van der Waals surface area contributed by atoms with Crippen LogP contribution in [0.1, 0.15) is 53.9 Å². The summed E-state index contributed by atoms with van der Waals surface area (Å²) in [5, 5.41) is 39.7. The first-order valence-corrected chi connectivity index (χ1v) is 19.5. The first kappa shape index (κ1) is 51.6. The summed E-state index contributed by atoms with van der Waals surface area (Å²) >= 11 is 0. The van der Waals surface area contributed by atoms with Crippen molar-refractivity contribution in [2.75, 3.05) is 40.1 Å². The van der Waals surface area contributed by atoms with Crippen molar-refractivity contribution in [3.8, 4) is 12.1 Å². The number of hydrogen-bond donors (Lipinski definition) is 2. The highest BCUT2D eigenvalue weighted by molar-refractivity contribution is 7.48. The third-order valence-electron chi connectivity index (χ3n) is 8.04. The smallest absolute Gasteiger partial charge is 0.465 e. The van der Waals surface area contributed by atoms with Crippen LogP contribution in [0.25, 0.3) is 0 Å². The normalized spacial score (nSPS) is 27.4. The van der Waals surface area contributed by atoms with Gasteiger partial charge in [0.25, 0.3) is 5.79 Å². The second kappa shape index (κ2) is 24.6. The SMILES string of the molecule is C=CCO[C@]1(C(=O)OC)C[C@@H](OP(=O)(OCCC#N)OCCC#N)[C@@H](O[C@H]2O[C@H]([C@H](COC(C)=O)OC(C)=O)[C@@H](OC(C)=O)[C@H](OC(C)=O)[C@@H]2OC(C)=O)[C@@H]([C@H](O)CO)O1. The highest BCUT2D eigenvalue weighted by Gasteiger charge is 2.61. The Balaban J connectivity index is 2.99. The summed E-state index contributed by atoms with van der Waals surface area (Å²) in [7, 11) is -4.00. The van der Waals surface area contributed by atoms with Crippen molar-refractivity contribution in [2.24, 2.45) is 0 Å². The van der Waals surface area contributed by atoms with Gasteiger partial charge in [-0.1, -0.05) is 6.08 Å². The number of aliphatic hydroxyl groups is 2. The van der Waals surface area contributed by atoms with E-state index in [-0.39, 0.29) is 12.8 Å². The molecule has 0 aromatic heterocycles. The summed E-state index contributed by atoms with van der Waals surface area (Å²) in [6.07, 6.45) is -19.7. The average molecular weight is 881 g/mol. The predicted molar refractivity (Wildman–Crippen MR) is 191 cm³/mol. The molecule has 0 bridgehead atoms. The number of phosphoric acid groups is 1. The van der Waals surface area contributed by atoms with E-state index in [1.807, 2.05) is 0 Å². The molecule has 2 aliphatic rings. The molecule has 11 atom stereocenters. The number of phosphoric ester groups is 1. The van der Waals surface area contributed by atoms with Gasteiger partial charge in [-0.05, 0) is 0 Å². The Morgan fingerprint density at radius 2 is 1.43 bits per heavy atom. The van der Waals surface area contributed by atoms with E-state index in [9.17, 15) is 43.5 Å². The van der Waals surface area contributed by atoms with Gasteiger partial charge in [0.2, 0.25) is 0 Å². The lowest BCUT2D eigenvalue weighted by Gasteiger charge is -2.50. The third-order valence-corrected chi connectivity index (χ3v) is 9.56. The molecule has 60 heavy (non-hydrogen) atoms. The van der Waals surface area contributed by atoms with Crippen LogP contribution in [0.3, 0.4) is 0 Å². The Bertz CT molecular complexity index is 1620. The van der Waals surface area contributed by atoms with Gasteiger partial charge in [0.05, 0.1) is 58.5 Å². The average Bonchev–Trinajstić information content (AvgIpc) is 3.17. The second-order valence-electron chi connectivity index (χ2n) is 12.7. The van der Waals surface area contributed by atoms with Crippen LogP contribution in [-0.2, 0) is 94.3 Å². The van der Waals surface area contributed by atoms with E-state index in [1.165, 1.54) is 6.08 Å². The molecule has 0 unspecified atom stereocenters. The zero-order valence-electron chi connectivity index (χ0n) is 33.6. The van der Waals surface area contributed by atoms with Crippen LogP contribution >= 0.6 is 7.82 Å². The van der Waals surface area contributed by atoms with Crippen LogP contribution in [0.15, 0.2) is 12.7 Å². The minimum atomic E-state index is -4.95. The molecular weight excluding hydrogens is 831 g/mol. The fourth-order valence-electron chi connectivity index (χ4n) is 5.87.